The van der Waals surface area contributed by atoms with Gasteiger partial charge in [-0.25, -0.2) is 9.78 Å². The summed E-state index contributed by atoms with van der Waals surface area (Å²) in [6.45, 7) is 2.42. The molecule has 0 saturated carbocycles. The normalized spacial score (nSPS) is 15.0. The van der Waals surface area contributed by atoms with E-state index in [2.05, 4.69) is 15.6 Å². The van der Waals surface area contributed by atoms with E-state index in [0.29, 0.717) is 23.8 Å². The third kappa shape index (κ3) is 3.89. The van der Waals surface area contributed by atoms with Gasteiger partial charge in [0.2, 0.25) is 17.8 Å². The minimum atomic E-state index is -0.666. The second-order valence-corrected chi connectivity index (χ2v) is 7.12. The number of imidazole rings is 1. The summed E-state index contributed by atoms with van der Waals surface area (Å²) < 4.78 is 6.93. The lowest BCUT2D eigenvalue weighted by molar-refractivity contribution is -0.123. The van der Waals surface area contributed by atoms with Crippen molar-refractivity contribution in [2.45, 2.75) is 32.2 Å². The van der Waals surface area contributed by atoms with Crippen molar-refractivity contribution in [3.8, 4) is 0 Å². The fourth-order valence-electron chi connectivity index (χ4n) is 3.41. The van der Waals surface area contributed by atoms with Gasteiger partial charge < -0.3 is 10.1 Å². The Labute approximate surface area is 173 Å². The zero-order valence-electron chi connectivity index (χ0n) is 16.6. The lowest BCUT2D eigenvalue weighted by Crippen LogP contribution is -2.23. The van der Waals surface area contributed by atoms with Crippen molar-refractivity contribution in [2.24, 2.45) is 0 Å². The predicted octanol–water partition coefficient (Wildman–Crippen LogP) is 3.52. The molecule has 4 rings (SSSR count). The molecule has 2 aromatic carbocycles. The second-order valence-electron chi connectivity index (χ2n) is 7.12. The van der Waals surface area contributed by atoms with Crippen LogP contribution in [0.2, 0.25) is 0 Å². The Hall–Kier alpha value is -3.68. The maximum Gasteiger partial charge on any atom is 0.338 e. The van der Waals surface area contributed by atoms with E-state index >= 15 is 0 Å². The van der Waals surface area contributed by atoms with Crippen LogP contribution in [0.5, 0.6) is 0 Å². The van der Waals surface area contributed by atoms with Crippen LogP contribution in [-0.2, 0) is 14.3 Å². The molecule has 0 aliphatic carbocycles. The number of hydrogen-bond donors (Lipinski definition) is 2. The number of aromatic nitrogens is 2. The lowest BCUT2D eigenvalue weighted by Gasteiger charge is -2.12. The standard InChI is InChI=1S/C22H22N4O4/c1-2-3-12-30-21(29)14-8-10-15(11-9-14)23-19(27)13-18-20(28)25-22-24-16-6-4-5-7-17(16)26(18)22/h4-11,18H,2-3,12-13H2,1H3,(H,23,27)(H,24,25,28)/t18-/m0/s1. The highest BCUT2D eigenvalue weighted by Gasteiger charge is 2.34. The van der Waals surface area contributed by atoms with Crippen LogP contribution >= 0.6 is 0 Å². The molecule has 3 aromatic rings. The number of carbonyl (C=O) groups is 3. The first-order chi connectivity index (χ1) is 14.6. The Kier molecular flexibility index (Phi) is 5.47. The Bertz CT molecular complexity index is 1100. The van der Waals surface area contributed by atoms with Crippen LogP contribution in [0.15, 0.2) is 48.5 Å². The molecule has 2 heterocycles. The molecule has 0 bridgehead atoms. The number of esters is 1. The average molecular weight is 406 g/mol. The number of rotatable bonds is 7. The van der Waals surface area contributed by atoms with Crippen molar-refractivity contribution < 1.29 is 19.1 Å². The topological polar surface area (TPSA) is 102 Å². The molecule has 1 aromatic heterocycles. The Morgan fingerprint density at radius 2 is 1.93 bits per heavy atom. The van der Waals surface area contributed by atoms with Gasteiger partial charge in [0.25, 0.3) is 0 Å². The minimum Gasteiger partial charge on any atom is -0.462 e. The molecule has 0 radical (unpaired) electrons. The Morgan fingerprint density at radius 1 is 1.17 bits per heavy atom. The zero-order valence-corrected chi connectivity index (χ0v) is 16.6. The van der Waals surface area contributed by atoms with Gasteiger partial charge in [0.1, 0.15) is 6.04 Å². The van der Waals surface area contributed by atoms with E-state index in [1.54, 1.807) is 28.8 Å². The fourth-order valence-corrected chi connectivity index (χ4v) is 3.41. The number of fused-ring (bicyclic) bond motifs is 3. The Morgan fingerprint density at radius 3 is 2.70 bits per heavy atom. The summed E-state index contributed by atoms with van der Waals surface area (Å²) in [6.07, 6.45) is 1.75. The highest BCUT2D eigenvalue weighted by atomic mass is 16.5. The molecule has 0 spiro atoms. The van der Waals surface area contributed by atoms with Crippen LogP contribution in [0.1, 0.15) is 42.6 Å². The zero-order chi connectivity index (χ0) is 21.1. The largest absolute Gasteiger partial charge is 0.462 e. The number of benzene rings is 2. The molecule has 0 saturated heterocycles. The maximum atomic E-state index is 12.6. The van der Waals surface area contributed by atoms with Gasteiger partial charge in [-0.2, -0.15) is 0 Å². The van der Waals surface area contributed by atoms with Gasteiger partial charge in [0.05, 0.1) is 29.6 Å². The summed E-state index contributed by atoms with van der Waals surface area (Å²) in [5, 5.41) is 5.50. The van der Waals surface area contributed by atoms with Crippen molar-refractivity contribution in [1.82, 2.24) is 9.55 Å². The number of carbonyl (C=O) groups excluding carboxylic acids is 3. The molecule has 0 fully saturated rings. The number of hydrogen-bond acceptors (Lipinski definition) is 5. The number of para-hydroxylation sites is 2. The van der Waals surface area contributed by atoms with E-state index in [-0.39, 0.29) is 24.2 Å². The summed E-state index contributed by atoms with van der Waals surface area (Å²) in [7, 11) is 0. The van der Waals surface area contributed by atoms with Crippen molar-refractivity contribution in [2.75, 3.05) is 17.2 Å². The third-order valence-corrected chi connectivity index (χ3v) is 4.96. The number of amides is 2. The van der Waals surface area contributed by atoms with Crippen LogP contribution in [0.25, 0.3) is 11.0 Å². The van der Waals surface area contributed by atoms with Gasteiger partial charge in [-0.1, -0.05) is 25.5 Å². The molecule has 1 aliphatic rings. The molecule has 30 heavy (non-hydrogen) atoms. The summed E-state index contributed by atoms with van der Waals surface area (Å²) in [4.78, 5) is 41.3. The molecule has 8 nitrogen and oxygen atoms in total. The first kappa shape index (κ1) is 19.6. The maximum absolute atomic E-state index is 12.6. The Balaban J connectivity index is 1.41. The van der Waals surface area contributed by atoms with Crippen molar-refractivity contribution in [3.63, 3.8) is 0 Å². The van der Waals surface area contributed by atoms with Crippen LogP contribution in [-0.4, -0.2) is 33.9 Å². The lowest BCUT2D eigenvalue weighted by atomic mass is 10.1. The minimum absolute atomic E-state index is 0.0278. The van der Waals surface area contributed by atoms with Gasteiger partial charge in [0, 0.05) is 5.69 Å². The number of anilines is 2. The van der Waals surface area contributed by atoms with E-state index in [4.69, 9.17) is 4.74 Å². The van der Waals surface area contributed by atoms with Crippen LogP contribution in [0.4, 0.5) is 11.6 Å². The summed E-state index contributed by atoms with van der Waals surface area (Å²) >= 11 is 0. The first-order valence-electron chi connectivity index (χ1n) is 9.91. The van der Waals surface area contributed by atoms with Gasteiger partial charge in [-0.15, -0.1) is 0 Å². The van der Waals surface area contributed by atoms with E-state index < -0.39 is 6.04 Å². The van der Waals surface area contributed by atoms with E-state index in [0.717, 1.165) is 23.9 Å². The number of nitrogens with zero attached hydrogens (tertiary/aromatic N) is 2. The van der Waals surface area contributed by atoms with Gasteiger partial charge in [0.15, 0.2) is 0 Å². The SMILES string of the molecule is CCCCOC(=O)c1ccc(NC(=O)C[C@H]2C(=O)Nc3nc4ccccc4n32)cc1. The van der Waals surface area contributed by atoms with E-state index in [1.165, 1.54) is 0 Å². The molecule has 2 N–H and O–H groups in total. The van der Waals surface area contributed by atoms with Crippen LogP contribution in [0.3, 0.4) is 0 Å². The molecule has 1 aliphatic heterocycles. The third-order valence-electron chi connectivity index (χ3n) is 4.96. The van der Waals surface area contributed by atoms with Crippen molar-refractivity contribution in [1.29, 1.82) is 0 Å². The van der Waals surface area contributed by atoms with Crippen LogP contribution < -0.4 is 10.6 Å². The molecular formula is C22H22N4O4. The monoisotopic (exact) mass is 406 g/mol. The molecular weight excluding hydrogens is 384 g/mol. The molecule has 8 heteroatoms. The van der Waals surface area contributed by atoms with Gasteiger partial charge >= 0.3 is 5.97 Å². The smallest absolute Gasteiger partial charge is 0.338 e. The van der Waals surface area contributed by atoms with Gasteiger partial charge in [-0.3, -0.25) is 19.5 Å². The van der Waals surface area contributed by atoms with Crippen molar-refractivity contribution >= 4 is 40.5 Å². The summed E-state index contributed by atoms with van der Waals surface area (Å²) in [6, 6.07) is 13.3. The predicted molar refractivity (Wildman–Crippen MR) is 112 cm³/mol. The molecule has 1 atom stereocenters. The average Bonchev–Trinajstić information content (AvgIpc) is 3.24. The summed E-state index contributed by atoms with van der Waals surface area (Å²) in [5.41, 5.74) is 2.53. The molecule has 2 amide bonds. The van der Waals surface area contributed by atoms with Crippen molar-refractivity contribution in [3.05, 3.63) is 54.1 Å². The molecule has 0 unspecified atom stereocenters. The highest BCUT2D eigenvalue weighted by Crippen LogP contribution is 2.32. The summed E-state index contributed by atoms with van der Waals surface area (Å²) in [5.74, 6) is -0.504. The second kappa shape index (κ2) is 8.36. The number of ether oxygens (including phenoxy) is 1. The number of unbranched alkanes of at least 4 members (excludes halogenated alkanes) is 1. The number of nitrogens with one attached hydrogen (secondary N) is 2. The van der Waals surface area contributed by atoms with Gasteiger partial charge in [-0.05, 0) is 42.8 Å². The highest BCUT2D eigenvalue weighted by molar-refractivity contribution is 6.03. The van der Waals surface area contributed by atoms with E-state index in [1.807, 2.05) is 31.2 Å². The van der Waals surface area contributed by atoms with Crippen LogP contribution in [0, 0.1) is 0 Å². The molecule has 154 valence electrons. The fraction of sp³-hybridized carbons (Fsp3) is 0.273. The quantitative estimate of drug-likeness (QED) is 0.462. The van der Waals surface area contributed by atoms with E-state index in [9.17, 15) is 14.4 Å². The first-order valence-corrected chi connectivity index (χ1v) is 9.91.